The first-order valence-corrected chi connectivity index (χ1v) is 7.55. The van der Waals surface area contributed by atoms with Crippen LogP contribution < -0.4 is 4.74 Å². The van der Waals surface area contributed by atoms with Crippen molar-refractivity contribution in [1.29, 1.82) is 0 Å². The average Bonchev–Trinajstić information content (AvgIpc) is 2.95. The number of carbonyl (C=O) groups is 2. The highest BCUT2D eigenvalue weighted by Crippen LogP contribution is 2.35. The molecule has 20 heavy (non-hydrogen) atoms. The van der Waals surface area contributed by atoms with E-state index in [1.165, 1.54) is 11.3 Å². The molecule has 2 heterocycles. The lowest BCUT2D eigenvalue weighted by molar-refractivity contribution is -0.152. The first-order valence-electron chi connectivity index (χ1n) is 6.67. The fraction of sp³-hybridized carbons (Fsp3) is 0.571. The Bertz CT molecular complexity index is 513. The summed E-state index contributed by atoms with van der Waals surface area (Å²) >= 11 is 1.33. The van der Waals surface area contributed by atoms with E-state index in [-0.39, 0.29) is 12.5 Å². The number of carboxylic acids is 1. The van der Waals surface area contributed by atoms with Crippen LogP contribution in [0.1, 0.15) is 35.9 Å². The van der Waals surface area contributed by atoms with E-state index in [0.29, 0.717) is 30.0 Å². The molecular formula is C14H19NO4S. The molecule has 1 fully saturated rings. The lowest BCUT2D eigenvalue weighted by atomic mass is 9.77. The molecule has 1 aliphatic rings. The van der Waals surface area contributed by atoms with Gasteiger partial charge >= 0.3 is 5.97 Å². The molecule has 6 heteroatoms. The van der Waals surface area contributed by atoms with Gasteiger partial charge in [0.2, 0.25) is 0 Å². The summed E-state index contributed by atoms with van der Waals surface area (Å²) in [4.78, 5) is 26.2. The average molecular weight is 297 g/mol. The van der Waals surface area contributed by atoms with Gasteiger partial charge in [-0.3, -0.25) is 9.59 Å². The molecule has 110 valence electrons. The maximum absolute atomic E-state index is 12.4. The molecule has 1 aromatic rings. The third-order valence-electron chi connectivity index (χ3n) is 4.02. The second-order valence-electron chi connectivity index (χ2n) is 5.12. The van der Waals surface area contributed by atoms with E-state index in [2.05, 4.69) is 0 Å². The van der Waals surface area contributed by atoms with Gasteiger partial charge < -0.3 is 14.7 Å². The van der Waals surface area contributed by atoms with E-state index in [0.717, 1.165) is 6.42 Å². The number of likely N-dealkylation sites (tertiary alicyclic amines) is 1. The first kappa shape index (κ1) is 14.8. The summed E-state index contributed by atoms with van der Waals surface area (Å²) < 4.78 is 5.08. The molecule has 1 atom stereocenters. The molecular weight excluding hydrogens is 278 g/mol. The van der Waals surface area contributed by atoms with Crippen LogP contribution >= 0.6 is 11.3 Å². The van der Waals surface area contributed by atoms with Crippen LogP contribution in [-0.2, 0) is 4.79 Å². The van der Waals surface area contributed by atoms with E-state index in [1.807, 2.05) is 6.92 Å². The smallest absolute Gasteiger partial charge is 0.311 e. The Morgan fingerprint density at radius 2 is 2.30 bits per heavy atom. The van der Waals surface area contributed by atoms with Crippen molar-refractivity contribution in [3.05, 3.63) is 16.3 Å². The molecule has 0 aromatic carbocycles. The molecule has 0 radical (unpaired) electrons. The summed E-state index contributed by atoms with van der Waals surface area (Å²) in [7, 11) is 1.56. The SMILES string of the molecule is CCC1(C(=O)O)CCCN(C(=O)c2cc(OC)cs2)C1. The third-order valence-corrected chi connectivity index (χ3v) is 4.91. The number of piperidine rings is 1. The fourth-order valence-corrected chi connectivity index (χ4v) is 3.43. The number of carboxylic acid groups (broad SMARTS) is 1. The molecule has 1 unspecified atom stereocenters. The number of carbonyl (C=O) groups excluding carboxylic acids is 1. The summed E-state index contributed by atoms with van der Waals surface area (Å²) in [6, 6.07) is 1.70. The number of ether oxygens (including phenoxy) is 1. The number of aliphatic carboxylic acids is 1. The summed E-state index contributed by atoms with van der Waals surface area (Å²) in [6.45, 7) is 2.78. The van der Waals surface area contributed by atoms with Crippen molar-refractivity contribution in [2.24, 2.45) is 5.41 Å². The zero-order valence-electron chi connectivity index (χ0n) is 11.7. The summed E-state index contributed by atoms with van der Waals surface area (Å²) in [6.07, 6.45) is 1.91. The molecule has 1 N–H and O–H groups in total. The Balaban J connectivity index is 2.16. The van der Waals surface area contributed by atoms with Gasteiger partial charge in [-0.05, 0) is 19.3 Å². The van der Waals surface area contributed by atoms with Crippen molar-refractivity contribution >= 4 is 23.2 Å². The quantitative estimate of drug-likeness (QED) is 0.927. The second kappa shape index (κ2) is 5.83. The van der Waals surface area contributed by atoms with E-state index in [9.17, 15) is 14.7 Å². The monoisotopic (exact) mass is 297 g/mol. The highest BCUT2D eigenvalue weighted by Gasteiger charge is 2.42. The summed E-state index contributed by atoms with van der Waals surface area (Å²) in [5, 5.41) is 11.2. The van der Waals surface area contributed by atoms with Crippen molar-refractivity contribution in [1.82, 2.24) is 4.90 Å². The molecule has 0 bridgehead atoms. The Morgan fingerprint density at radius 1 is 1.55 bits per heavy atom. The predicted molar refractivity (Wildman–Crippen MR) is 76.4 cm³/mol. The van der Waals surface area contributed by atoms with Gasteiger partial charge in [0.05, 0.1) is 17.4 Å². The molecule has 1 aromatic heterocycles. The Morgan fingerprint density at radius 3 is 2.85 bits per heavy atom. The maximum Gasteiger partial charge on any atom is 0.311 e. The van der Waals surface area contributed by atoms with E-state index < -0.39 is 11.4 Å². The standard InChI is InChI=1S/C14H19NO4S/c1-3-14(13(17)18)5-4-6-15(9-14)12(16)11-7-10(19-2)8-20-11/h7-8H,3-6,9H2,1-2H3,(H,17,18). The number of rotatable bonds is 4. The minimum atomic E-state index is -0.804. The van der Waals surface area contributed by atoms with Crippen molar-refractivity contribution in [3.63, 3.8) is 0 Å². The van der Waals surface area contributed by atoms with Gasteiger partial charge in [0.25, 0.3) is 5.91 Å². The highest BCUT2D eigenvalue weighted by atomic mass is 32.1. The molecule has 0 aliphatic carbocycles. The number of hydrogen-bond acceptors (Lipinski definition) is 4. The van der Waals surface area contributed by atoms with Crippen molar-refractivity contribution in [2.45, 2.75) is 26.2 Å². The van der Waals surface area contributed by atoms with Gasteiger partial charge in [0, 0.05) is 24.5 Å². The largest absolute Gasteiger partial charge is 0.496 e. The molecule has 5 nitrogen and oxygen atoms in total. The van der Waals surface area contributed by atoms with E-state index >= 15 is 0 Å². The van der Waals surface area contributed by atoms with Crippen LogP contribution in [0, 0.1) is 5.41 Å². The van der Waals surface area contributed by atoms with Gasteiger partial charge in [0.1, 0.15) is 5.75 Å². The van der Waals surface area contributed by atoms with E-state index in [4.69, 9.17) is 4.74 Å². The van der Waals surface area contributed by atoms with Crippen LogP contribution in [0.3, 0.4) is 0 Å². The first-order chi connectivity index (χ1) is 9.52. The third kappa shape index (κ3) is 2.65. The number of amides is 1. The second-order valence-corrected chi connectivity index (χ2v) is 6.03. The number of hydrogen-bond donors (Lipinski definition) is 1. The topological polar surface area (TPSA) is 66.8 Å². The van der Waals surface area contributed by atoms with Gasteiger partial charge in [-0.25, -0.2) is 0 Å². The van der Waals surface area contributed by atoms with Crippen molar-refractivity contribution < 1.29 is 19.4 Å². The normalized spacial score (nSPS) is 22.6. The van der Waals surface area contributed by atoms with Gasteiger partial charge in [-0.1, -0.05) is 6.92 Å². The Hall–Kier alpha value is -1.56. The molecule has 0 saturated carbocycles. The van der Waals surface area contributed by atoms with Crippen molar-refractivity contribution in [3.8, 4) is 5.75 Å². The van der Waals surface area contributed by atoms with Crippen LogP contribution in [0.4, 0.5) is 0 Å². The van der Waals surface area contributed by atoms with Crippen LogP contribution in [-0.4, -0.2) is 42.1 Å². The molecule has 1 aliphatic heterocycles. The lowest BCUT2D eigenvalue weighted by Gasteiger charge is -2.39. The fourth-order valence-electron chi connectivity index (χ4n) is 2.61. The summed E-state index contributed by atoms with van der Waals surface area (Å²) in [5.41, 5.74) is -0.796. The molecule has 2 rings (SSSR count). The molecule has 1 amide bonds. The minimum Gasteiger partial charge on any atom is -0.496 e. The van der Waals surface area contributed by atoms with Crippen LogP contribution in [0.2, 0.25) is 0 Å². The lowest BCUT2D eigenvalue weighted by Crippen LogP contribution is -2.49. The number of thiophene rings is 1. The van der Waals surface area contributed by atoms with Crippen LogP contribution in [0.5, 0.6) is 5.75 Å². The maximum atomic E-state index is 12.4. The van der Waals surface area contributed by atoms with Crippen LogP contribution in [0.25, 0.3) is 0 Å². The van der Waals surface area contributed by atoms with E-state index in [1.54, 1.807) is 23.5 Å². The summed E-state index contributed by atoms with van der Waals surface area (Å²) in [5.74, 6) is -0.242. The van der Waals surface area contributed by atoms with Crippen molar-refractivity contribution in [2.75, 3.05) is 20.2 Å². The zero-order valence-corrected chi connectivity index (χ0v) is 12.5. The van der Waals surface area contributed by atoms with Gasteiger partial charge in [0.15, 0.2) is 0 Å². The Labute approximate surface area is 122 Å². The van der Waals surface area contributed by atoms with Crippen LogP contribution in [0.15, 0.2) is 11.4 Å². The predicted octanol–water partition coefficient (Wildman–Crippen LogP) is 2.47. The van der Waals surface area contributed by atoms with Gasteiger partial charge in [-0.15, -0.1) is 11.3 Å². The Kier molecular flexibility index (Phi) is 4.32. The van der Waals surface area contributed by atoms with Gasteiger partial charge in [-0.2, -0.15) is 0 Å². The zero-order chi connectivity index (χ0) is 14.8. The molecule has 0 spiro atoms. The highest BCUT2D eigenvalue weighted by molar-refractivity contribution is 7.12. The minimum absolute atomic E-state index is 0.0999. The number of methoxy groups -OCH3 is 1. The number of nitrogens with zero attached hydrogens (tertiary/aromatic N) is 1. The molecule has 1 saturated heterocycles.